The highest BCUT2D eigenvalue weighted by molar-refractivity contribution is 5.76. The van der Waals surface area contributed by atoms with Crippen LogP contribution < -0.4 is 5.11 Å². The fourth-order valence-corrected chi connectivity index (χ4v) is 0.144. The highest BCUT2D eigenvalue weighted by Gasteiger charge is 1.94. The van der Waals surface area contributed by atoms with E-state index in [0.29, 0.717) is 0 Å². The molecule has 9 heavy (non-hydrogen) atoms. The van der Waals surface area contributed by atoms with Crippen molar-refractivity contribution in [3.63, 3.8) is 0 Å². The molecule has 0 amide bonds. The van der Waals surface area contributed by atoms with Gasteiger partial charge in [-0.05, 0) is 12.5 Å². The Morgan fingerprint density at radius 2 is 1.89 bits per heavy atom. The molecule has 0 aromatic carbocycles. The lowest BCUT2D eigenvalue weighted by atomic mass is 10.4. The quantitative estimate of drug-likeness (QED) is 0.441. The van der Waals surface area contributed by atoms with Gasteiger partial charge in [-0.15, -0.1) is 0 Å². The number of ether oxygens (including phenoxy) is 1. The fraction of sp³-hybridized carbons (Fsp3) is 0.500. The molecule has 0 aliphatic carbocycles. The van der Waals surface area contributed by atoms with Gasteiger partial charge in [0, 0.05) is 13.2 Å². The second-order valence-electron chi connectivity index (χ2n) is 1.49. The predicted molar refractivity (Wildman–Crippen MR) is 30.6 cm³/mol. The largest absolute Gasteiger partial charge is 0.545 e. The Hall–Kier alpha value is -0.830. The van der Waals surface area contributed by atoms with Crippen LogP contribution in [0, 0.1) is 0 Å². The number of hydrogen-bond acceptors (Lipinski definition) is 3. The van der Waals surface area contributed by atoms with Gasteiger partial charge in [0.25, 0.3) is 0 Å². The summed E-state index contributed by atoms with van der Waals surface area (Å²) in [6, 6.07) is 0. The van der Waals surface area contributed by atoms with Gasteiger partial charge in [-0.1, -0.05) is 6.58 Å². The van der Waals surface area contributed by atoms with Crippen molar-refractivity contribution in [3.8, 4) is 0 Å². The highest BCUT2D eigenvalue weighted by Crippen LogP contribution is 1.93. The molecule has 0 atom stereocenters. The molecule has 0 radical (unpaired) electrons. The van der Waals surface area contributed by atoms with Crippen molar-refractivity contribution >= 4 is 5.97 Å². The van der Waals surface area contributed by atoms with Crippen LogP contribution in [0.25, 0.3) is 0 Å². The maximum absolute atomic E-state index is 9.14. The van der Waals surface area contributed by atoms with Crippen molar-refractivity contribution in [1.29, 1.82) is 0 Å². The van der Waals surface area contributed by atoms with Crippen LogP contribution in [0.4, 0.5) is 0 Å². The first-order valence-electron chi connectivity index (χ1n) is 2.68. The monoisotopic (exact) mass is 129 g/mol. The van der Waals surface area contributed by atoms with Crippen molar-refractivity contribution < 1.29 is 14.6 Å². The zero-order valence-electron chi connectivity index (χ0n) is 5.13. The molecule has 52 valence electrons. The average molecular weight is 129 g/mol. The molecule has 1 rings (SSSR count). The molecule has 3 heteroatoms. The van der Waals surface area contributed by atoms with Crippen molar-refractivity contribution in [2.75, 3.05) is 13.2 Å². The van der Waals surface area contributed by atoms with Gasteiger partial charge in [0.05, 0.1) is 5.97 Å². The lowest BCUT2D eigenvalue weighted by molar-refractivity contribution is -0.297. The van der Waals surface area contributed by atoms with Crippen molar-refractivity contribution in [2.24, 2.45) is 0 Å². The van der Waals surface area contributed by atoms with Crippen LogP contribution in [0.3, 0.4) is 0 Å². The summed E-state index contributed by atoms with van der Waals surface area (Å²) in [5.41, 5.74) is 0. The van der Waals surface area contributed by atoms with E-state index < -0.39 is 5.97 Å². The SMILES string of the molecule is C1COC1.C=CC(=O)[O-]. The Kier molecular flexibility index (Phi) is 4.82. The number of hydrogen-bond donors (Lipinski definition) is 0. The summed E-state index contributed by atoms with van der Waals surface area (Å²) in [5.74, 6) is -1.23. The van der Waals surface area contributed by atoms with Gasteiger partial charge in [-0.3, -0.25) is 0 Å². The molecule has 3 nitrogen and oxygen atoms in total. The zero-order chi connectivity index (χ0) is 7.11. The Morgan fingerprint density at radius 3 is 1.89 bits per heavy atom. The molecule has 1 fully saturated rings. The van der Waals surface area contributed by atoms with Crippen molar-refractivity contribution in [1.82, 2.24) is 0 Å². The van der Waals surface area contributed by atoms with E-state index in [-0.39, 0.29) is 0 Å². The Bertz CT molecular complexity index is 90.5. The minimum absolute atomic E-state index is 0.722. The minimum atomic E-state index is -1.23. The summed E-state index contributed by atoms with van der Waals surface area (Å²) in [6.45, 7) is 4.90. The van der Waals surface area contributed by atoms with E-state index in [2.05, 4.69) is 6.58 Å². The standard InChI is InChI=1S/C3H4O2.C3H6O/c1-2-3(4)5;1-2-4-3-1/h2H,1H2,(H,4,5);1-3H2/p-1. The normalized spacial score (nSPS) is 14.2. The first-order valence-corrected chi connectivity index (χ1v) is 2.68. The van der Waals surface area contributed by atoms with Crippen molar-refractivity contribution in [2.45, 2.75) is 6.42 Å². The molecule has 1 aliphatic heterocycles. The van der Waals surface area contributed by atoms with Gasteiger partial charge in [-0.2, -0.15) is 0 Å². The molecule has 1 aliphatic rings. The summed E-state index contributed by atoms with van der Waals surface area (Å²) in [4.78, 5) is 9.14. The fourth-order valence-electron chi connectivity index (χ4n) is 0.144. The first kappa shape index (κ1) is 8.17. The average Bonchev–Trinajstić information content (AvgIpc) is 1.61. The topological polar surface area (TPSA) is 49.4 Å². The van der Waals surface area contributed by atoms with Crippen LogP contribution in [-0.4, -0.2) is 19.2 Å². The Balaban J connectivity index is 0.000000144. The Labute approximate surface area is 53.9 Å². The zero-order valence-corrected chi connectivity index (χ0v) is 5.13. The van der Waals surface area contributed by atoms with E-state index in [9.17, 15) is 0 Å². The number of carbonyl (C=O) groups is 1. The van der Waals surface area contributed by atoms with E-state index in [1.807, 2.05) is 0 Å². The van der Waals surface area contributed by atoms with E-state index in [0.717, 1.165) is 19.3 Å². The number of carboxylic acids is 1. The maximum Gasteiger partial charge on any atom is 0.0636 e. The van der Waals surface area contributed by atoms with Gasteiger partial charge >= 0.3 is 0 Å². The summed E-state index contributed by atoms with van der Waals surface area (Å²) in [6.07, 6.45) is 2.00. The van der Waals surface area contributed by atoms with Crippen LogP contribution in [-0.2, 0) is 9.53 Å². The van der Waals surface area contributed by atoms with E-state index in [1.54, 1.807) is 0 Å². The van der Waals surface area contributed by atoms with E-state index >= 15 is 0 Å². The van der Waals surface area contributed by atoms with Gasteiger partial charge < -0.3 is 14.6 Å². The van der Waals surface area contributed by atoms with Crippen LogP contribution in [0.15, 0.2) is 12.7 Å². The first-order chi connectivity index (χ1) is 4.27. The van der Waals surface area contributed by atoms with Crippen LogP contribution in [0.1, 0.15) is 6.42 Å². The second-order valence-corrected chi connectivity index (χ2v) is 1.49. The molecule has 0 saturated carbocycles. The van der Waals surface area contributed by atoms with Crippen molar-refractivity contribution in [3.05, 3.63) is 12.7 Å². The molecule has 1 heterocycles. The predicted octanol–water partition coefficient (Wildman–Crippen LogP) is -0.671. The summed E-state index contributed by atoms with van der Waals surface area (Å²) >= 11 is 0. The van der Waals surface area contributed by atoms with Gasteiger partial charge in [0.1, 0.15) is 0 Å². The summed E-state index contributed by atoms with van der Waals surface area (Å²) < 4.78 is 4.72. The van der Waals surface area contributed by atoms with Crippen LogP contribution in [0.2, 0.25) is 0 Å². The maximum atomic E-state index is 9.14. The molecule has 0 N–H and O–H groups in total. The lowest BCUT2D eigenvalue weighted by Gasteiger charge is -2.09. The summed E-state index contributed by atoms with van der Waals surface area (Å²) in [7, 11) is 0. The van der Waals surface area contributed by atoms with Gasteiger partial charge in [0.2, 0.25) is 0 Å². The molecule has 0 bridgehead atoms. The smallest absolute Gasteiger partial charge is 0.0636 e. The number of carboxylic acid groups (broad SMARTS) is 1. The number of carbonyl (C=O) groups excluding carboxylic acids is 1. The molecule has 0 unspecified atom stereocenters. The lowest BCUT2D eigenvalue weighted by Crippen LogP contribution is -2.17. The molecular weight excluding hydrogens is 120 g/mol. The number of aliphatic carboxylic acids is 1. The Morgan fingerprint density at radius 1 is 1.67 bits per heavy atom. The van der Waals surface area contributed by atoms with Crippen LogP contribution >= 0.6 is 0 Å². The highest BCUT2D eigenvalue weighted by atomic mass is 16.5. The molecule has 1 saturated heterocycles. The summed E-state index contributed by atoms with van der Waals surface area (Å²) in [5, 5.41) is 9.14. The second kappa shape index (κ2) is 5.31. The van der Waals surface area contributed by atoms with Gasteiger partial charge in [-0.25, -0.2) is 0 Å². The molecular formula is C6H9O3-. The van der Waals surface area contributed by atoms with Crippen LogP contribution in [0.5, 0.6) is 0 Å². The van der Waals surface area contributed by atoms with E-state index in [1.165, 1.54) is 6.42 Å². The number of rotatable bonds is 1. The van der Waals surface area contributed by atoms with E-state index in [4.69, 9.17) is 14.6 Å². The van der Waals surface area contributed by atoms with Gasteiger partial charge in [0.15, 0.2) is 0 Å². The molecule has 0 aromatic heterocycles. The molecule has 0 spiro atoms. The third-order valence-electron chi connectivity index (χ3n) is 0.744. The third kappa shape index (κ3) is 7.17. The molecule has 0 aromatic rings. The third-order valence-corrected chi connectivity index (χ3v) is 0.744. The minimum Gasteiger partial charge on any atom is -0.545 e.